The summed E-state index contributed by atoms with van der Waals surface area (Å²) in [4.78, 5) is 10.5. The molecule has 0 radical (unpaired) electrons. The van der Waals surface area contributed by atoms with Crippen LogP contribution in [0.4, 0.5) is 26.3 Å². The lowest BCUT2D eigenvalue weighted by Crippen LogP contribution is -2.38. The second kappa shape index (κ2) is 4.71. The van der Waals surface area contributed by atoms with E-state index in [4.69, 9.17) is 0 Å². The fraction of sp³-hybridized carbons (Fsp3) is 0.857. The van der Waals surface area contributed by atoms with Gasteiger partial charge in [0.15, 0.2) is 5.92 Å². The Kier molecular flexibility index (Phi) is 4.42. The van der Waals surface area contributed by atoms with Gasteiger partial charge in [0.1, 0.15) is 0 Å². The van der Waals surface area contributed by atoms with Gasteiger partial charge in [-0.3, -0.25) is 4.79 Å². The predicted molar refractivity (Wildman–Crippen MR) is 36.9 cm³/mol. The zero-order chi connectivity index (χ0) is 12.3. The molecular weight excluding hydrogens is 230 g/mol. The maximum Gasteiger partial charge on any atom is 0.401 e. The number of halogens is 6. The van der Waals surface area contributed by atoms with Crippen molar-refractivity contribution in [2.75, 3.05) is 6.61 Å². The van der Waals surface area contributed by atoms with Crippen LogP contribution in [0.25, 0.3) is 0 Å². The molecule has 15 heavy (non-hydrogen) atoms. The molecular formula is C7H8F6O2. The lowest BCUT2D eigenvalue weighted by Gasteiger charge is -2.21. The van der Waals surface area contributed by atoms with Gasteiger partial charge in [0.2, 0.25) is 0 Å². The van der Waals surface area contributed by atoms with Crippen molar-refractivity contribution in [2.45, 2.75) is 25.7 Å². The Balaban J connectivity index is 4.62. The molecule has 0 aliphatic heterocycles. The number of ether oxygens (including phenoxy) is 1. The van der Waals surface area contributed by atoms with E-state index in [0.29, 0.717) is 0 Å². The highest BCUT2D eigenvalue weighted by molar-refractivity contribution is 5.69. The van der Waals surface area contributed by atoms with Gasteiger partial charge in [0.05, 0.1) is 13.0 Å². The standard InChI is InChI=1S/C7H8F6O2/c1-2-15-5(14)3-4(6(8,9)10)7(11,12)13/h4H,2-3H2,1H3. The van der Waals surface area contributed by atoms with Gasteiger partial charge in [-0.05, 0) is 6.92 Å². The van der Waals surface area contributed by atoms with Gasteiger partial charge in [0, 0.05) is 0 Å². The van der Waals surface area contributed by atoms with E-state index in [1.165, 1.54) is 6.92 Å². The third-order valence-corrected chi connectivity index (χ3v) is 1.47. The first-order valence-electron chi connectivity index (χ1n) is 3.88. The molecule has 0 saturated heterocycles. The van der Waals surface area contributed by atoms with E-state index in [-0.39, 0.29) is 6.61 Å². The maximum atomic E-state index is 11.9. The van der Waals surface area contributed by atoms with Crippen molar-refractivity contribution >= 4 is 5.97 Å². The second-order valence-electron chi connectivity index (χ2n) is 2.64. The number of esters is 1. The van der Waals surface area contributed by atoms with Crippen molar-refractivity contribution in [1.82, 2.24) is 0 Å². The third kappa shape index (κ3) is 4.89. The van der Waals surface area contributed by atoms with Crippen molar-refractivity contribution in [3.63, 3.8) is 0 Å². The van der Waals surface area contributed by atoms with E-state index in [1.54, 1.807) is 0 Å². The molecule has 0 aromatic rings. The van der Waals surface area contributed by atoms with Crippen LogP contribution in [0.15, 0.2) is 0 Å². The summed E-state index contributed by atoms with van der Waals surface area (Å²) in [5.74, 6) is -5.18. The van der Waals surface area contributed by atoms with Gasteiger partial charge < -0.3 is 4.74 Å². The van der Waals surface area contributed by atoms with E-state index in [1.807, 2.05) is 0 Å². The van der Waals surface area contributed by atoms with Crippen LogP contribution in [0.3, 0.4) is 0 Å². The van der Waals surface area contributed by atoms with Gasteiger partial charge in [-0.2, -0.15) is 26.3 Å². The highest BCUT2D eigenvalue weighted by Gasteiger charge is 2.57. The minimum absolute atomic E-state index is 0.263. The molecule has 0 bridgehead atoms. The summed E-state index contributed by atoms with van der Waals surface area (Å²) < 4.78 is 75.4. The van der Waals surface area contributed by atoms with Crippen LogP contribution in [0.1, 0.15) is 13.3 Å². The molecule has 0 atom stereocenters. The van der Waals surface area contributed by atoms with Gasteiger partial charge in [-0.15, -0.1) is 0 Å². The normalized spacial score (nSPS) is 13.1. The highest BCUT2D eigenvalue weighted by atomic mass is 19.4. The highest BCUT2D eigenvalue weighted by Crippen LogP contribution is 2.41. The fourth-order valence-corrected chi connectivity index (χ4v) is 0.804. The van der Waals surface area contributed by atoms with Crippen LogP contribution >= 0.6 is 0 Å². The monoisotopic (exact) mass is 238 g/mol. The molecule has 0 aliphatic carbocycles. The Morgan fingerprint density at radius 3 is 1.80 bits per heavy atom. The quantitative estimate of drug-likeness (QED) is 0.558. The SMILES string of the molecule is CCOC(=O)CC(C(F)(F)F)C(F)(F)F. The Bertz CT molecular complexity index is 205. The van der Waals surface area contributed by atoms with Crippen molar-refractivity contribution in [1.29, 1.82) is 0 Å². The molecule has 0 aliphatic rings. The smallest absolute Gasteiger partial charge is 0.401 e. The van der Waals surface area contributed by atoms with Crippen molar-refractivity contribution < 1.29 is 35.9 Å². The minimum atomic E-state index is -5.50. The third-order valence-electron chi connectivity index (χ3n) is 1.47. The van der Waals surface area contributed by atoms with Crippen LogP contribution < -0.4 is 0 Å². The summed E-state index contributed by atoms with van der Waals surface area (Å²) in [5, 5.41) is 0. The molecule has 0 rings (SSSR count). The Hall–Kier alpha value is -0.950. The summed E-state index contributed by atoms with van der Waals surface area (Å²) >= 11 is 0. The molecule has 0 spiro atoms. The molecule has 0 aromatic heterocycles. The topological polar surface area (TPSA) is 26.3 Å². The average molecular weight is 238 g/mol. The Morgan fingerprint density at radius 1 is 1.13 bits per heavy atom. The summed E-state index contributed by atoms with van der Waals surface area (Å²) in [6, 6.07) is 0. The van der Waals surface area contributed by atoms with E-state index in [0.717, 1.165) is 0 Å². The largest absolute Gasteiger partial charge is 0.466 e. The maximum absolute atomic E-state index is 11.9. The van der Waals surface area contributed by atoms with Crippen molar-refractivity contribution in [2.24, 2.45) is 5.92 Å². The number of carbonyl (C=O) groups excluding carboxylic acids is 1. The minimum Gasteiger partial charge on any atom is -0.466 e. The summed E-state index contributed by atoms with van der Waals surface area (Å²) in [7, 11) is 0. The Morgan fingerprint density at radius 2 is 1.53 bits per heavy atom. The van der Waals surface area contributed by atoms with Crippen molar-refractivity contribution in [3.8, 4) is 0 Å². The molecule has 90 valence electrons. The van der Waals surface area contributed by atoms with Gasteiger partial charge >= 0.3 is 18.3 Å². The molecule has 0 unspecified atom stereocenters. The lowest BCUT2D eigenvalue weighted by molar-refractivity contribution is -0.285. The average Bonchev–Trinajstić information content (AvgIpc) is 1.96. The number of hydrogen-bond acceptors (Lipinski definition) is 2. The summed E-state index contributed by atoms with van der Waals surface area (Å²) in [6.45, 7) is 1.02. The molecule has 0 N–H and O–H groups in total. The molecule has 0 saturated carbocycles. The second-order valence-corrected chi connectivity index (χ2v) is 2.64. The van der Waals surface area contributed by atoms with Crippen LogP contribution in [0.5, 0.6) is 0 Å². The van der Waals surface area contributed by atoms with E-state index < -0.39 is 30.7 Å². The molecule has 0 fully saturated rings. The van der Waals surface area contributed by atoms with E-state index in [2.05, 4.69) is 4.74 Å². The van der Waals surface area contributed by atoms with Crippen LogP contribution in [0, 0.1) is 5.92 Å². The molecule has 8 heteroatoms. The van der Waals surface area contributed by atoms with Gasteiger partial charge in [-0.25, -0.2) is 0 Å². The lowest BCUT2D eigenvalue weighted by atomic mass is 10.1. The van der Waals surface area contributed by atoms with Crippen LogP contribution in [0.2, 0.25) is 0 Å². The van der Waals surface area contributed by atoms with E-state index in [9.17, 15) is 31.1 Å². The number of carbonyl (C=O) groups is 1. The molecule has 0 amide bonds. The van der Waals surface area contributed by atoms with Gasteiger partial charge in [-0.1, -0.05) is 0 Å². The molecule has 2 nitrogen and oxygen atoms in total. The first kappa shape index (κ1) is 14.0. The number of hydrogen-bond donors (Lipinski definition) is 0. The molecule has 0 heterocycles. The first-order valence-corrected chi connectivity index (χ1v) is 3.88. The molecule has 0 aromatic carbocycles. The zero-order valence-corrected chi connectivity index (χ0v) is 7.58. The summed E-state index contributed by atoms with van der Waals surface area (Å²) in [6.07, 6.45) is -12.7. The van der Waals surface area contributed by atoms with E-state index >= 15 is 0 Å². The van der Waals surface area contributed by atoms with Crippen LogP contribution in [-0.2, 0) is 9.53 Å². The predicted octanol–water partition coefficient (Wildman–Crippen LogP) is 2.68. The van der Waals surface area contributed by atoms with Crippen molar-refractivity contribution in [3.05, 3.63) is 0 Å². The number of rotatable bonds is 3. The zero-order valence-electron chi connectivity index (χ0n) is 7.58. The first-order chi connectivity index (χ1) is 6.59. The number of alkyl halides is 6. The van der Waals surface area contributed by atoms with Gasteiger partial charge in [0.25, 0.3) is 0 Å². The Labute approximate surface area is 81.2 Å². The fourth-order valence-electron chi connectivity index (χ4n) is 0.804. The summed E-state index contributed by atoms with van der Waals surface area (Å²) in [5.41, 5.74) is 0. The van der Waals surface area contributed by atoms with Crippen LogP contribution in [-0.4, -0.2) is 24.9 Å².